The van der Waals surface area contributed by atoms with Crippen molar-refractivity contribution < 1.29 is 14.3 Å². The number of carbonyl (C=O) groups is 1. The van der Waals surface area contributed by atoms with Crippen molar-refractivity contribution in [3.63, 3.8) is 0 Å². The largest absolute Gasteiger partial charge is 0.417 e. The van der Waals surface area contributed by atoms with Crippen molar-refractivity contribution in [3.05, 3.63) is 12.2 Å². The van der Waals surface area contributed by atoms with E-state index in [0.29, 0.717) is 6.54 Å². The Bertz CT molecular complexity index is 296. The smallest absolute Gasteiger partial charge is 0.243 e. The number of rotatable bonds is 8. The number of allylic oxidation sites excluding steroid dienone is 1. The molecule has 1 amide bonds. The van der Waals surface area contributed by atoms with E-state index in [4.69, 9.17) is 9.53 Å². The number of aliphatic hydroxyl groups excluding tert-OH is 1. The van der Waals surface area contributed by atoms with E-state index in [0.717, 1.165) is 19.4 Å². The second-order valence-corrected chi connectivity index (χ2v) is 11.0. The summed E-state index contributed by atoms with van der Waals surface area (Å²) in [4.78, 5) is 11.2. The fourth-order valence-corrected chi connectivity index (χ4v) is 2.26. The van der Waals surface area contributed by atoms with Gasteiger partial charge in [-0.1, -0.05) is 26.8 Å². The van der Waals surface area contributed by atoms with E-state index in [-0.39, 0.29) is 17.6 Å². The van der Waals surface area contributed by atoms with Crippen LogP contribution in [0, 0.1) is 0 Å². The highest BCUT2D eigenvalue weighted by atomic mass is 28.4. The maximum absolute atomic E-state index is 11.2. The molecule has 4 nitrogen and oxygen atoms in total. The highest BCUT2D eigenvalue weighted by Gasteiger charge is 2.36. The van der Waals surface area contributed by atoms with Gasteiger partial charge in [-0.15, -0.1) is 0 Å². The molecular formula is C14H29NO3Si. The number of amides is 1. The number of nitrogens with one attached hydrogen (secondary N) is 1. The van der Waals surface area contributed by atoms with Gasteiger partial charge in [0.25, 0.3) is 0 Å². The minimum absolute atomic E-state index is 0.0278. The van der Waals surface area contributed by atoms with Crippen LogP contribution in [0.15, 0.2) is 12.2 Å². The summed E-state index contributed by atoms with van der Waals surface area (Å²) in [6.45, 7) is 12.2. The third kappa shape index (κ3) is 8.18. The average molecular weight is 287 g/mol. The summed E-state index contributed by atoms with van der Waals surface area (Å²) in [5, 5.41) is 11.4. The molecule has 0 aliphatic carbocycles. The van der Waals surface area contributed by atoms with Crippen molar-refractivity contribution in [2.75, 3.05) is 19.8 Å². The Morgan fingerprint density at radius 3 is 2.53 bits per heavy atom. The molecule has 0 bridgehead atoms. The highest BCUT2D eigenvalue weighted by Crippen LogP contribution is 2.36. The average Bonchev–Trinajstić information content (AvgIpc) is 2.29. The maximum Gasteiger partial charge on any atom is 0.243 e. The van der Waals surface area contributed by atoms with Gasteiger partial charge in [0.2, 0.25) is 5.91 Å². The van der Waals surface area contributed by atoms with Crippen LogP contribution >= 0.6 is 0 Å². The van der Waals surface area contributed by atoms with Crippen LogP contribution in [0.4, 0.5) is 0 Å². The van der Waals surface area contributed by atoms with Crippen LogP contribution < -0.4 is 5.32 Å². The molecule has 0 aromatic rings. The quantitative estimate of drug-likeness (QED) is 0.409. The van der Waals surface area contributed by atoms with E-state index in [9.17, 15) is 4.79 Å². The molecule has 0 aliphatic heterocycles. The van der Waals surface area contributed by atoms with Gasteiger partial charge in [-0.05, 0) is 37.0 Å². The number of unbranched alkanes of at least 4 members (excludes halogenated alkanes) is 1. The van der Waals surface area contributed by atoms with Gasteiger partial charge in [-0.2, -0.15) is 0 Å². The summed E-state index contributed by atoms with van der Waals surface area (Å²) in [6, 6.07) is 0. The molecule has 0 atom stereocenters. The van der Waals surface area contributed by atoms with Crippen LogP contribution in [0.2, 0.25) is 18.1 Å². The van der Waals surface area contributed by atoms with Crippen molar-refractivity contribution >= 4 is 14.2 Å². The molecule has 0 aromatic heterocycles. The molecule has 0 aromatic carbocycles. The Balaban J connectivity index is 3.77. The van der Waals surface area contributed by atoms with E-state index in [1.54, 1.807) is 0 Å². The van der Waals surface area contributed by atoms with Gasteiger partial charge in [0.1, 0.15) is 0 Å². The lowest BCUT2D eigenvalue weighted by molar-refractivity contribution is -0.116. The Morgan fingerprint density at radius 2 is 2.00 bits per heavy atom. The Morgan fingerprint density at radius 1 is 1.37 bits per heavy atom. The lowest BCUT2D eigenvalue weighted by atomic mass is 10.2. The number of hydrogen-bond donors (Lipinski definition) is 2. The first-order chi connectivity index (χ1) is 8.70. The maximum atomic E-state index is 11.2. The van der Waals surface area contributed by atoms with Crippen molar-refractivity contribution in [3.8, 4) is 0 Å². The molecule has 0 radical (unpaired) electrons. The molecule has 0 fully saturated rings. The van der Waals surface area contributed by atoms with Crippen LogP contribution in [0.5, 0.6) is 0 Å². The first-order valence-corrected chi connectivity index (χ1v) is 9.81. The van der Waals surface area contributed by atoms with Crippen LogP contribution in [-0.4, -0.2) is 39.1 Å². The van der Waals surface area contributed by atoms with Crippen molar-refractivity contribution in [1.82, 2.24) is 5.32 Å². The zero-order valence-electron chi connectivity index (χ0n) is 13.0. The van der Waals surface area contributed by atoms with Gasteiger partial charge in [0.05, 0.1) is 6.61 Å². The van der Waals surface area contributed by atoms with E-state index in [1.165, 1.54) is 6.08 Å². The van der Waals surface area contributed by atoms with Crippen LogP contribution in [-0.2, 0) is 9.22 Å². The summed E-state index contributed by atoms with van der Waals surface area (Å²) >= 11 is 0. The number of hydrogen-bond acceptors (Lipinski definition) is 3. The second kappa shape index (κ2) is 8.50. The molecule has 0 saturated carbocycles. The lowest BCUT2D eigenvalue weighted by Gasteiger charge is -2.36. The highest BCUT2D eigenvalue weighted by molar-refractivity contribution is 6.74. The zero-order valence-corrected chi connectivity index (χ0v) is 14.0. The first-order valence-electron chi connectivity index (χ1n) is 6.90. The lowest BCUT2D eigenvalue weighted by Crippen LogP contribution is -2.40. The first kappa shape index (κ1) is 18.3. The van der Waals surface area contributed by atoms with E-state index in [1.807, 2.05) is 6.08 Å². The van der Waals surface area contributed by atoms with Gasteiger partial charge < -0.3 is 14.8 Å². The fourth-order valence-electron chi connectivity index (χ4n) is 1.17. The third-order valence-corrected chi connectivity index (χ3v) is 8.00. The van der Waals surface area contributed by atoms with Gasteiger partial charge in [0, 0.05) is 13.2 Å². The Hall–Kier alpha value is -0.653. The van der Waals surface area contributed by atoms with Gasteiger partial charge in [-0.3, -0.25) is 4.79 Å². The standard InChI is InChI=1S/C14H29NO3Si/c1-14(2,3)19(4,5)18-12-8-6-7-9-13(17)15-10-11-16/h7,9,16H,6,8,10-12H2,1-5H3,(H,15,17)/b9-7+. The van der Waals surface area contributed by atoms with Crippen LogP contribution in [0.3, 0.4) is 0 Å². The molecule has 112 valence electrons. The molecule has 0 aliphatic rings. The number of carbonyl (C=O) groups excluding carboxylic acids is 1. The van der Waals surface area contributed by atoms with Crippen LogP contribution in [0.1, 0.15) is 33.6 Å². The molecule has 0 heterocycles. The second-order valence-electron chi connectivity index (χ2n) is 6.17. The Kier molecular flexibility index (Phi) is 8.21. The summed E-state index contributed by atoms with van der Waals surface area (Å²) in [7, 11) is -1.64. The molecule has 0 rings (SSSR count). The fraction of sp³-hybridized carbons (Fsp3) is 0.786. The summed E-state index contributed by atoms with van der Waals surface area (Å²) in [5.74, 6) is -0.153. The molecule has 2 N–H and O–H groups in total. The van der Waals surface area contributed by atoms with Crippen molar-refractivity contribution in [2.45, 2.75) is 51.7 Å². The minimum Gasteiger partial charge on any atom is -0.417 e. The zero-order chi connectivity index (χ0) is 14.9. The van der Waals surface area contributed by atoms with Crippen LogP contribution in [0.25, 0.3) is 0 Å². The topological polar surface area (TPSA) is 58.6 Å². The minimum atomic E-state index is -1.64. The van der Waals surface area contributed by atoms with Gasteiger partial charge >= 0.3 is 0 Å². The molecule has 0 spiro atoms. The molecule has 0 saturated heterocycles. The molecule has 0 unspecified atom stereocenters. The normalized spacial score (nSPS) is 12.9. The van der Waals surface area contributed by atoms with Crippen molar-refractivity contribution in [1.29, 1.82) is 0 Å². The number of aliphatic hydroxyl groups is 1. The molecule has 19 heavy (non-hydrogen) atoms. The summed E-state index contributed by atoms with van der Waals surface area (Å²) in [5.41, 5.74) is 0. The third-order valence-electron chi connectivity index (χ3n) is 3.46. The SMILES string of the molecule is CC(C)(C)[Si](C)(C)OCCC/C=C/C(=O)NCCO. The van der Waals surface area contributed by atoms with Crippen molar-refractivity contribution in [2.24, 2.45) is 0 Å². The predicted octanol–water partition coefficient (Wildman–Crippen LogP) is 2.45. The van der Waals surface area contributed by atoms with E-state index in [2.05, 4.69) is 39.2 Å². The summed E-state index contributed by atoms with van der Waals surface area (Å²) in [6.07, 6.45) is 5.13. The monoisotopic (exact) mass is 287 g/mol. The molecule has 5 heteroatoms. The predicted molar refractivity (Wildman–Crippen MR) is 81.6 cm³/mol. The Labute approximate surface area is 118 Å². The summed E-state index contributed by atoms with van der Waals surface area (Å²) < 4.78 is 6.04. The molecular weight excluding hydrogens is 258 g/mol. The van der Waals surface area contributed by atoms with E-state index < -0.39 is 8.32 Å². The van der Waals surface area contributed by atoms with Gasteiger partial charge in [-0.25, -0.2) is 0 Å². The van der Waals surface area contributed by atoms with E-state index >= 15 is 0 Å². The van der Waals surface area contributed by atoms with Gasteiger partial charge in [0.15, 0.2) is 8.32 Å².